The van der Waals surface area contributed by atoms with Gasteiger partial charge in [-0.15, -0.1) is 0 Å². The molecule has 5 aliphatic carbocycles. The average Bonchev–Trinajstić information content (AvgIpc) is 1.65. The molecule has 2 bridgehead atoms. The Hall–Kier alpha value is -13.9. The van der Waals surface area contributed by atoms with Crippen molar-refractivity contribution in [1.82, 2.24) is 19.9 Å². The smallest absolute Gasteiger partial charge is 0.160 e. The third-order valence-electron chi connectivity index (χ3n) is 23.9. The van der Waals surface area contributed by atoms with Crippen LogP contribution < -0.4 is 9.47 Å². The molecule has 0 fully saturated rings. The van der Waals surface area contributed by atoms with Crippen LogP contribution in [-0.2, 0) is 10.8 Å². The van der Waals surface area contributed by atoms with E-state index in [0.29, 0.717) is 11.6 Å². The number of hydrogen-bond donors (Lipinski definition) is 0. The molecule has 17 aromatic rings. The second kappa shape index (κ2) is 23.3. The zero-order chi connectivity index (χ0) is 70.8. The SMILES string of the molecule is c1ccc(-c2nc(-c3ccc(-c4ccc5c(c4)C4(c6ccccc6Oc6ccccc64)c4ccccc4-5)cc3)cc(-c3ccc4c(c3)C3c5ccccc5C4c4cc(-c5cc(-c6ccc(-c7ccc8c(c7)C7(c9ccccc9Oc9ccccc97)c7ccccc7-8)cc6)nc(-c6ccccc6)n5)ccc43)n2)cc1. The van der Waals surface area contributed by atoms with E-state index in [1.807, 2.05) is 12.1 Å². The van der Waals surface area contributed by atoms with E-state index < -0.39 is 10.8 Å². The molecular weight excluding hydrogens is 1310 g/mol. The van der Waals surface area contributed by atoms with Crippen LogP contribution in [0.15, 0.2) is 364 Å². The van der Waals surface area contributed by atoms with Crippen molar-refractivity contribution >= 4 is 0 Å². The minimum absolute atomic E-state index is 0.000951. The van der Waals surface area contributed by atoms with Crippen molar-refractivity contribution in [2.45, 2.75) is 22.7 Å². The van der Waals surface area contributed by atoms with Crippen LogP contribution in [0.1, 0.15) is 89.7 Å². The Kier molecular flexibility index (Phi) is 13.0. The number of nitrogens with zero attached hydrogens (tertiary/aromatic N) is 4. The van der Waals surface area contributed by atoms with Crippen molar-refractivity contribution in [3.63, 3.8) is 0 Å². The molecule has 2 aliphatic heterocycles. The zero-order valence-electron chi connectivity index (χ0n) is 58.4. The highest BCUT2D eigenvalue weighted by atomic mass is 16.5. The van der Waals surface area contributed by atoms with Crippen LogP contribution in [0, 0.1) is 0 Å². The summed E-state index contributed by atoms with van der Waals surface area (Å²) in [5.74, 6) is 4.90. The van der Waals surface area contributed by atoms with Gasteiger partial charge in [0.1, 0.15) is 23.0 Å². The minimum atomic E-state index is -0.554. The van der Waals surface area contributed by atoms with Crippen LogP contribution in [0.25, 0.3) is 112 Å². The molecule has 502 valence electrons. The second-order valence-electron chi connectivity index (χ2n) is 29.3. The van der Waals surface area contributed by atoms with Crippen LogP contribution in [0.4, 0.5) is 0 Å². The van der Waals surface area contributed by atoms with E-state index in [1.165, 1.54) is 77.9 Å². The normalized spacial score (nSPS) is 15.1. The van der Waals surface area contributed by atoms with E-state index >= 15 is 0 Å². The van der Waals surface area contributed by atoms with Gasteiger partial charge in [-0.25, -0.2) is 19.9 Å². The number of ether oxygens (including phenoxy) is 2. The molecule has 6 nitrogen and oxygen atoms in total. The molecule has 0 saturated heterocycles. The maximum atomic E-state index is 6.66. The third-order valence-corrected chi connectivity index (χ3v) is 23.9. The predicted octanol–water partition coefficient (Wildman–Crippen LogP) is 24.5. The van der Waals surface area contributed by atoms with E-state index in [1.54, 1.807) is 0 Å². The monoisotopic (exact) mass is 1370 g/mol. The van der Waals surface area contributed by atoms with E-state index in [4.69, 9.17) is 29.4 Å². The Morgan fingerprint density at radius 2 is 0.472 bits per heavy atom. The second-order valence-corrected chi connectivity index (χ2v) is 29.3. The number of rotatable bonds is 8. The first-order valence-electron chi connectivity index (χ1n) is 37.2. The lowest BCUT2D eigenvalue weighted by molar-refractivity contribution is 0.436. The van der Waals surface area contributed by atoms with Crippen molar-refractivity contribution in [2.75, 3.05) is 0 Å². The summed E-state index contributed by atoms with van der Waals surface area (Å²) in [5.41, 5.74) is 35.5. The summed E-state index contributed by atoms with van der Waals surface area (Å²) < 4.78 is 13.3. The van der Waals surface area contributed by atoms with Crippen LogP contribution in [0.3, 0.4) is 0 Å². The maximum absolute atomic E-state index is 6.66. The van der Waals surface area contributed by atoms with E-state index in [2.05, 4.69) is 352 Å². The summed E-state index contributed by atoms with van der Waals surface area (Å²) in [6.07, 6.45) is 0. The van der Waals surface area contributed by atoms with Crippen molar-refractivity contribution < 1.29 is 9.47 Å². The lowest BCUT2D eigenvalue weighted by Crippen LogP contribution is -2.32. The molecule has 6 heteroatoms. The average molecular weight is 1380 g/mol. The Morgan fingerprint density at radius 3 is 0.861 bits per heavy atom. The molecule has 7 aliphatic rings. The maximum Gasteiger partial charge on any atom is 0.160 e. The lowest BCUT2D eigenvalue weighted by Gasteiger charge is -2.42. The quantitative estimate of drug-likeness (QED) is 0.151. The number of benzene rings is 15. The van der Waals surface area contributed by atoms with Gasteiger partial charge in [0, 0.05) is 67.5 Å². The standard InChI is InChI=1S/C102H62N4O2/c1-3-21-65(22-4-1)99-103-89(63-43-39-61(40-44-63)67-47-51-73-71-25-9-11-29-81(71)101(87(73)57-67)83-31-13-17-35-93(83)107-94-36-18-14-32-84(94)101)59-91(105-99)69-49-53-77-79(55-69)97-75-27-7-8-28-76(75)98(77)80-56-70(50-54-78(80)97)92-60-90(104-100(106-92)66-23-5-2-6-24-66)64-45-41-62(42-46-64)68-48-52-74-72-26-10-12-30-82(72)102(88(74)58-68)85-33-15-19-37-95(85)108-96-38-20-16-34-86(96)102/h1-60,97-98H. The van der Waals surface area contributed by atoms with E-state index in [9.17, 15) is 0 Å². The molecule has 4 heterocycles. The molecule has 24 rings (SSSR count). The molecule has 2 atom stereocenters. The highest BCUT2D eigenvalue weighted by molar-refractivity contribution is 5.93. The van der Waals surface area contributed by atoms with E-state index in [0.717, 1.165) is 124 Å². The van der Waals surface area contributed by atoms with Gasteiger partial charge < -0.3 is 9.47 Å². The Labute approximate surface area is 625 Å². The molecule has 108 heavy (non-hydrogen) atoms. The first-order chi connectivity index (χ1) is 53.5. The van der Waals surface area contributed by atoms with Gasteiger partial charge in [0.2, 0.25) is 0 Å². The summed E-state index contributed by atoms with van der Waals surface area (Å²) in [4.78, 5) is 21.5. The van der Waals surface area contributed by atoms with Crippen LogP contribution in [-0.4, -0.2) is 19.9 Å². The summed E-state index contributed by atoms with van der Waals surface area (Å²) in [7, 11) is 0. The van der Waals surface area contributed by atoms with Crippen molar-refractivity contribution in [2.24, 2.45) is 0 Å². The third kappa shape index (κ3) is 8.77. The lowest BCUT2D eigenvalue weighted by atomic mass is 9.60. The van der Waals surface area contributed by atoms with Gasteiger partial charge in [-0.05, 0) is 161 Å². The number of hydrogen-bond acceptors (Lipinski definition) is 6. The molecule has 0 saturated carbocycles. The van der Waals surface area contributed by atoms with Gasteiger partial charge in [0.15, 0.2) is 11.6 Å². The Bertz CT molecular complexity index is 6150. The Balaban J connectivity index is 0.588. The molecule has 0 amide bonds. The number of para-hydroxylation sites is 4. The fourth-order valence-electron chi connectivity index (χ4n) is 19.2. The zero-order valence-corrected chi connectivity index (χ0v) is 58.4. The summed E-state index contributed by atoms with van der Waals surface area (Å²) >= 11 is 0. The summed E-state index contributed by atoms with van der Waals surface area (Å²) in [6, 6.07) is 132. The van der Waals surface area contributed by atoms with Crippen molar-refractivity contribution in [3.05, 3.63) is 442 Å². The van der Waals surface area contributed by atoms with Gasteiger partial charge in [-0.2, -0.15) is 0 Å². The highest BCUT2D eigenvalue weighted by Crippen LogP contribution is 2.65. The topological polar surface area (TPSA) is 70.0 Å². The van der Waals surface area contributed by atoms with Gasteiger partial charge in [0.25, 0.3) is 0 Å². The molecular formula is C102H62N4O2. The van der Waals surface area contributed by atoms with Gasteiger partial charge >= 0.3 is 0 Å². The molecule has 2 unspecified atom stereocenters. The fourth-order valence-corrected chi connectivity index (χ4v) is 19.2. The van der Waals surface area contributed by atoms with Crippen LogP contribution in [0.2, 0.25) is 0 Å². The van der Waals surface area contributed by atoms with Crippen LogP contribution in [0.5, 0.6) is 23.0 Å². The minimum Gasteiger partial charge on any atom is -0.457 e. The van der Waals surface area contributed by atoms with Gasteiger partial charge in [-0.1, -0.05) is 303 Å². The van der Waals surface area contributed by atoms with Crippen molar-refractivity contribution in [3.8, 4) is 135 Å². The number of fused-ring (bicyclic) bond motifs is 18. The molecule has 2 aromatic heterocycles. The van der Waals surface area contributed by atoms with Crippen molar-refractivity contribution in [1.29, 1.82) is 0 Å². The molecule has 0 radical (unpaired) electrons. The molecule has 15 aromatic carbocycles. The van der Waals surface area contributed by atoms with Gasteiger partial charge in [-0.3, -0.25) is 0 Å². The fraction of sp³-hybridized carbons (Fsp3) is 0.0392. The Morgan fingerprint density at radius 1 is 0.185 bits per heavy atom. The summed E-state index contributed by atoms with van der Waals surface area (Å²) in [5, 5.41) is 0. The van der Waals surface area contributed by atoms with E-state index in [-0.39, 0.29) is 11.8 Å². The van der Waals surface area contributed by atoms with Gasteiger partial charge in [0.05, 0.1) is 33.6 Å². The summed E-state index contributed by atoms with van der Waals surface area (Å²) in [6.45, 7) is 0. The first-order valence-corrected chi connectivity index (χ1v) is 37.2. The molecule has 0 N–H and O–H groups in total. The largest absolute Gasteiger partial charge is 0.457 e. The predicted molar refractivity (Wildman–Crippen MR) is 431 cm³/mol. The molecule has 2 spiro atoms. The first kappa shape index (κ1) is 60.5. The van der Waals surface area contributed by atoms with Crippen LogP contribution >= 0.6 is 0 Å². The number of aromatic nitrogens is 4. The highest BCUT2D eigenvalue weighted by Gasteiger charge is 2.53.